The summed E-state index contributed by atoms with van der Waals surface area (Å²) in [5.41, 5.74) is 0.0840. The van der Waals surface area contributed by atoms with Gasteiger partial charge in [-0.2, -0.15) is 5.11 Å². The summed E-state index contributed by atoms with van der Waals surface area (Å²) >= 11 is 0. The lowest BCUT2D eigenvalue weighted by Crippen LogP contribution is -2.15. The summed E-state index contributed by atoms with van der Waals surface area (Å²) in [5.74, 6) is -3.58. The predicted molar refractivity (Wildman–Crippen MR) is 79.6 cm³/mol. The van der Waals surface area contributed by atoms with E-state index in [1.165, 1.54) is 12.1 Å². The molecule has 0 aromatic heterocycles. The maximum Gasteiger partial charge on any atom is 0.379 e. The number of ketones is 1. The lowest BCUT2D eigenvalue weighted by Gasteiger charge is -2.03. The normalized spacial score (nSPS) is 12.0. The van der Waals surface area contributed by atoms with E-state index in [2.05, 4.69) is 10.2 Å². The van der Waals surface area contributed by atoms with Gasteiger partial charge in [0.25, 0.3) is 5.78 Å². The van der Waals surface area contributed by atoms with E-state index < -0.39 is 23.2 Å². The second-order valence-corrected chi connectivity index (χ2v) is 4.23. The number of carboxylic acid groups (broad SMARTS) is 1. The zero-order valence-electron chi connectivity index (χ0n) is 11.4. The average molecular weight is 296 g/mol. The zero-order valence-corrected chi connectivity index (χ0v) is 11.4. The van der Waals surface area contributed by atoms with Crippen molar-refractivity contribution in [1.82, 2.24) is 0 Å². The minimum atomic E-state index is -1.72. The zero-order chi connectivity index (χ0) is 15.9. The van der Waals surface area contributed by atoms with Crippen molar-refractivity contribution < 1.29 is 19.8 Å². The van der Waals surface area contributed by atoms with Gasteiger partial charge < -0.3 is 10.2 Å². The molecule has 0 aliphatic heterocycles. The minimum Gasteiger partial charge on any atom is -0.505 e. The number of benzene rings is 2. The molecule has 22 heavy (non-hydrogen) atoms. The molecule has 0 aliphatic rings. The fourth-order valence-electron chi connectivity index (χ4n) is 1.64. The summed E-state index contributed by atoms with van der Waals surface area (Å²) in [7, 11) is 0. The standard InChI is InChI=1S/C16H12N2O4/c19-14(11-7-3-1-4-8-11)13(15(20)16(21)22)18-17-12-9-5-2-6-10-12/h1-10,19H,(H,21,22). The van der Waals surface area contributed by atoms with Crippen molar-refractivity contribution in [3.63, 3.8) is 0 Å². The Labute approximate surface area is 126 Å². The van der Waals surface area contributed by atoms with E-state index in [1.807, 2.05) is 0 Å². The molecule has 2 N–H and O–H groups in total. The molecule has 0 bridgehead atoms. The molecule has 0 aliphatic carbocycles. The van der Waals surface area contributed by atoms with Crippen molar-refractivity contribution in [2.45, 2.75) is 0 Å². The van der Waals surface area contributed by atoms with Gasteiger partial charge in [0.05, 0.1) is 5.69 Å². The third-order valence-electron chi connectivity index (χ3n) is 2.70. The van der Waals surface area contributed by atoms with Crippen molar-refractivity contribution in [1.29, 1.82) is 0 Å². The van der Waals surface area contributed by atoms with Gasteiger partial charge in [-0.1, -0.05) is 48.5 Å². The summed E-state index contributed by atoms with van der Waals surface area (Å²) in [5, 5.41) is 26.4. The molecule has 0 unspecified atom stereocenters. The Kier molecular flexibility index (Phi) is 4.77. The highest BCUT2D eigenvalue weighted by Crippen LogP contribution is 2.20. The lowest BCUT2D eigenvalue weighted by molar-refractivity contribution is -0.147. The highest BCUT2D eigenvalue weighted by Gasteiger charge is 2.23. The van der Waals surface area contributed by atoms with Crippen molar-refractivity contribution in [2.75, 3.05) is 0 Å². The number of carbonyl (C=O) groups excluding carboxylic acids is 1. The molecular weight excluding hydrogens is 284 g/mol. The molecule has 0 saturated carbocycles. The van der Waals surface area contributed by atoms with Crippen molar-refractivity contribution in [3.8, 4) is 0 Å². The number of rotatable bonds is 5. The second kappa shape index (κ2) is 6.94. The van der Waals surface area contributed by atoms with Crippen LogP contribution in [-0.4, -0.2) is 22.0 Å². The number of nitrogens with zero attached hydrogens (tertiary/aromatic N) is 2. The number of aliphatic hydroxyl groups is 1. The van der Waals surface area contributed by atoms with E-state index in [1.54, 1.807) is 48.5 Å². The quantitative estimate of drug-likeness (QED) is 0.382. The molecule has 0 saturated heterocycles. The van der Waals surface area contributed by atoms with Gasteiger partial charge in [-0.3, -0.25) is 4.79 Å². The first-order valence-corrected chi connectivity index (χ1v) is 6.32. The smallest absolute Gasteiger partial charge is 0.379 e. The molecule has 0 radical (unpaired) electrons. The van der Waals surface area contributed by atoms with Crippen LogP contribution in [0.4, 0.5) is 5.69 Å². The number of carbonyl (C=O) groups is 2. The third-order valence-corrected chi connectivity index (χ3v) is 2.70. The van der Waals surface area contributed by atoms with Gasteiger partial charge in [-0.25, -0.2) is 4.79 Å². The van der Waals surface area contributed by atoms with E-state index in [0.29, 0.717) is 5.69 Å². The molecule has 2 rings (SSSR count). The van der Waals surface area contributed by atoms with E-state index in [0.717, 1.165) is 0 Å². The lowest BCUT2D eigenvalue weighted by atomic mass is 10.1. The van der Waals surface area contributed by atoms with E-state index in [-0.39, 0.29) is 5.56 Å². The molecule has 0 fully saturated rings. The van der Waals surface area contributed by atoms with Crippen LogP contribution in [0.25, 0.3) is 5.76 Å². The van der Waals surface area contributed by atoms with Gasteiger partial charge in [0.2, 0.25) is 0 Å². The number of aliphatic hydroxyl groups excluding tert-OH is 1. The highest BCUT2D eigenvalue weighted by molar-refractivity contribution is 6.40. The number of hydrogen-bond donors (Lipinski definition) is 2. The first-order chi connectivity index (χ1) is 10.6. The van der Waals surface area contributed by atoms with Crippen LogP contribution in [0, 0.1) is 0 Å². The Hall–Kier alpha value is -3.28. The van der Waals surface area contributed by atoms with E-state index in [9.17, 15) is 14.7 Å². The Morgan fingerprint density at radius 3 is 1.91 bits per heavy atom. The van der Waals surface area contributed by atoms with E-state index in [4.69, 9.17) is 5.11 Å². The summed E-state index contributed by atoms with van der Waals surface area (Å²) in [6, 6.07) is 16.5. The molecule has 6 heteroatoms. The Balaban J connectivity index is 2.46. The molecule has 6 nitrogen and oxygen atoms in total. The van der Waals surface area contributed by atoms with Crippen molar-refractivity contribution >= 4 is 23.2 Å². The Morgan fingerprint density at radius 2 is 1.36 bits per heavy atom. The molecule has 2 aromatic carbocycles. The highest BCUT2D eigenvalue weighted by atomic mass is 16.4. The molecule has 110 valence electrons. The maximum absolute atomic E-state index is 11.7. The summed E-state index contributed by atoms with van der Waals surface area (Å²) < 4.78 is 0. The van der Waals surface area contributed by atoms with Gasteiger partial charge in [-0.05, 0) is 12.1 Å². The van der Waals surface area contributed by atoms with Gasteiger partial charge in [0.1, 0.15) is 0 Å². The summed E-state index contributed by atoms with van der Waals surface area (Å²) in [6.45, 7) is 0. The Morgan fingerprint density at radius 1 is 0.818 bits per heavy atom. The molecule has 0 atom stereocenters. The van der Waals surface area contributed by atoms with Crippen LogP contribution in [0.5, 0.6) is 0 Å². The SMILES string of the molecule is O=C(O)C(=O)C(N=Nc1ccccc1)=C(O)c1ccccc1. The second-order valence-electron chi connectivity index (χ2n) is 4.23. The number of aliphatic carboxylic acids is 1. The van der Waals surface area contributed by atoms with Crippen molar-refractivity contribution in [3.05, 3.63) is 71.9 Å². The summed E-state index contributed by atoms with van der Waals surface area (Å²) in [6.07, 6.45) is 0. The largest absolute Gasteiger partial charge is 0.505 e. The van der Waals surface area contributed by atoms with Crippen LogP contribution >= 0.6 is 0 Å². The van der Waals surface area contributed by atoms with Crippen LogP contribution in [0.15, 0.2) is 76.6 Å². The molecule has 0 heterocycles. The monoisotopic (exact) mass is 296 g/mol. The summed E-state index contributed by atoms with van der Waals surface area (Å²) in [4.78, 5) is 22.6. The van der Waals surface area contributed by atoms with Crippen LogP contribution in [0.1, 0.15) is 5.56 Å². The molecular formula is C16H12N2O4. The van der Waals surface area contributed by atoms with Gasteiger partial charge in [0.15, 0.2) is 11.5 Å². The van der Waals surface area contributed by atoms with Crippen molar-refractivity contribution in [2.24, 2.45) is 10.2 Å². The van der Waals surface area contributed by atoms with Gasteiger partial charge >= 0.3 is 5.97 Å². The predicted octanol–water partition coefficient (Wildman–Crippen LogP) is 3.35. The fraction of sp³-hybridized carbons (Fsp3) is 0. The van der Waals surface area contributed by atoms with Gasteiger partial charge in [0, 0.05) is 5.56 Å². The first kappa shape index (κ1) is 15.1. The Bertz CT molecular complexity index is 737. The van der Waals surface area contributed by atoms with Crippen LogP contribution in [0.2, 0.25) is 0 Å². The van der Waals surface area contributed by atoms with Crippen LogP contribution in [0.3, 0.4) is 0 Å². The number of Topliss-reactive ketones (excluding diaryl/α,β-unsaturated/α-hetero) is 1. The fourth-order valence-corrected chi connectivity index (χ4v) is 1.64. The number of hydrogen-bond acceptors (Lipinski definition) is 5. The number of azo groups is 1. The first-order valence-electron chi connectivity index (χ1n) is 6.32. The molecule has 0 amide bonds. The molecule has 0 spiro atoms. The topological polar surface area (TPSA) is 99.3 Å². The average Bonchev–Trinajstić information content (AvgIpc) is 2.56. The third kappa shape index (κ3) is 3.63. The minimum absolute atomic E-state index is 0.277. The van der Waals surface area contributed by atoms with Crippen LogP contribution < -0.4 is 0 Å². The maximum atomic E-state index is 11.7. The number of carboxylic acids is 1. The molecule has 2 aromatic rings. The van der Waals surface area contributed by atoms with Gasteiger partial charge in [-0.15, -0.1) is 5.11 Å². The van der Waals surface area contributed by atoms with Crippen LogP contribution in [-0.2, 0) is 9.59 Å². The van der Waals surface area contributed by atoms with E-state index >= 15 is 0 Å².